The summed E-state index contributed by atoms with van der Waals surface area (Å²) in [6.45, 7) is 6.96. The van der Waals surface area contributed by atoms with E-state index in [-0.39, 0.29) is 0 Å². The van der Waals surface area contributed by atoms with E-state index in [0.29, 0.717) is 16.2 Å². The topological polar surface area (TPSA) is 0 Å². The van der Waals surface area contributed by atoms with Crippen molar-refractivity contribution in [2.24, 2.45) is 16.2 Å². The highest BCUT2D eigenvalue weighted by Crippen LogP contribution is 2.60. The fourth-order valence-corrected chi connectivity index (χ4v) is 8.66. The van der Waals surface area contributed by atoms with Gasteiger partial charge < -0.3 is 0 Å². The third-order valence-corrected chi connectivity index (χ3v) is 11.5. The molecule has 1 fully saturated rings. The molecule has 3 heteroatoms. The maximum Gasteiger partial charge on any atom is -0.00407 e. The van der Waals surface area contributed by atoms with Gasteiger partial charge in [-0.3, -0.25) is 0 Å². The third-order valence-electron chi connectivity index (χ3n) is 9.44. The summed E-state index contributed by atoms with van der Waals surface area (Å²) >= 11 is 15.3. The average Bonchev–Trinajstić information content (AvgIpc) is 2.90. The van der Waals surface area contributed by atoms with Crippen molar-refractivity contribution in [2.45, 2.75) is 175 Å². The molecule has 36 heavy (non-hydrogen) atoms. The maximum atomic E-state index is 5.09. The van der Waals surface area contributed by atoms with E-state index in [4.69, 9.17) is 37.9 Å². The predicted octanol–water partition coefficient (Wildman–Crippen LogP) is 12.2. The molecule has 0 amide bonds. The van der Waals surface area contributed by atoms with E-state index in [1.165, 1.54) is 154 Å². The Morgan fingerprint density at radius 1 is 0.361 bits per heavy atom. The predicted molar refractivity (Wildman–Crippen MR) is 177 cm³/mol. The lowest BCUT2D eigenvalue weighted by molar-refractivity contribution is -0.0198. The molecule has 0 radical (unpaired) electrons. The van der Waals surface area contributed by atoms with Gasteiger partial charge in [0.05, 0.1) is 0 Å². The Bertz CT molecular complexity index is 426. The molecular formula is C33H66S3. The van der Waals surface area contributed by atoms with E-state index in [1.54, 1.807) is 0 Å². The molecule has 0 aliphatic heterocycles. The smallest absolute Gasteiger partial charge is 0.00407 e. The highest BCUT2D eigenvalue weighted by molar-refractivity contribution is 7.80. The maximum absolute atomic E-state index is 5.09. The number of hydrogen-bond donors (Lipinski definition) is 3. The normalized spacial score (nSPS) is 26.5. The van der Waals surface area contributed by atoms with Gasteiger partial charge >= 0.3 is 0 Å². The second-order valence-electron chi connectivity index (χ2n) is 13.1. The van der Waals surface area contributed by atoms with Crippen molar-refractivity contribution in [3.05, 3.63) is 0 Å². The zero-order valence-corrected chi connectivity index (χ0v) is 27.6. The molecule has 0 saturated heterocycles. The molecule has 0 aromatic heterocycles. The molecule has 0 spiro atoms. The van der Waals surface area contributed by atoms with Crippen molar-refractivity contribution in [3.8, 4) is 0 Å². The van der Waals surface area contributed by atoms with Gasteiger partial charge in [-0.2, -0.15) is 37.9 Å². The first-order valence-electron chi connectivity index (χ1n) is 16.3. The summed E-state index contributed by atoms with van der Waals surface area (Å²) in [5.74, 6) is 3.17. The second-order valence-corrected chi connectivity index (χ2v) is 14.0. The largest absolute Gasteiger partial charge is 0.179 e. The van der Waals surface area contributed by atoms with E-state index in [9.17, 15) is 0 Å². The number of hydrogen-bond acceptors (Lipinski definition) is 3. The van der Waals surface area contributed by atoms with Gasteiger partial charge in [-0.1, -0.05) is 136 Å². The highest BCUT2D eigenvalue weighted by atomic mass is 32.1. The van der Waals surface area contributed by atoms with Gasteiger partial charge in [0.1, 0.15) is 0 Å². The first-order valence-corrected chi connectivity index (χ1v) is 18.2. The quantitative estimate of drug-likeness (QED) is 0.0761. The SMILES string of the molecule is CCCCCCCCC1(CS)CC(CS)(CCCCCCCC)CC(CS)(CCCCCCCC)C1. The monoisotopic (exact) mass is 558 g/mol. The molecule has 0 aromatic carbocycles. The van der Waals surface area contributed by atoms with Crippen LogP contribution in [0.25, 0.3) is 0 Å². The molecule has 0 aromatic rings. The lowest BCUT2D eigenvalue weighted by Crippen LogP contribution is -2.49. The molecule has 1 aliphatic carbocycles. The molecule has 0 nitrogen and oxygen atoms in total. The van der Waals surface area contributed by atoms with E-state index in [0.717, 1.165) is 17.3 Å². The molecule has 0 bridgehead atoms. The highest BCUT2D eigenvalue weighted by Gasteiger charge is 2.52. The lowest BCUT2D eigenvalue weighted by Gasteiger charge is -2.56. The Labute approximate surface area is 245 Å². The minimum Gasteiger partial charge on any atom is -0.179 e. The molecule has 0 atom stereocenters. The number of thiol groups is 3. The van der Waals surface area contributed by atoms with Crippen LogP contribution in [-0.2, 0) is 0 Å². The van der Waals surface area contributed by atoms with Gasteiger partial charge in [-0.15, -0.1) is 0 Å². The average molecular weight is 559 g/mol. The van der Waals surface area contributed by atoms with Crippen molar-refractivity contribution in [1.29, 1.82) is 0 Å². The Balaban J connectivity index is 2.92. The van der Waals surface area contributed by atoms with Crippen LogP contribution >= 0.6 is 37.9 Å². The van der Waals surface area contributed by atoms with Crippen LogP contribution in [-0.4, -0.2) is 17.3 Å². The van der Waals surface area contributed by atoms with Gasteiger partial charge in [0.15, 0.2) is 0 Å². The van der Waals surface area contributed by atoms with Crippen LogP contribution in [0.15, 0.2) is 0 Å². The zero-order valence-electron chi connectivity index (χ0n) is 24.9. The fourth-order valence-electron chi connectivity index (χ4n) is 7.52. The fraction of sp³-hybridized carbons (Fsp3) is 1.00. The van der Waals surface area contributed by atoms with Crippen molar-refractivity contribution < 1.29 is 0 Å². The molecule has 1 saturated carbocycles. The summed E-state index contributed by atoms with van der Waals surface area (Å²) in [5.41, 5.74) is 1.17. The van der Waals surface area contributed by atoms with Gasteiger partial charge in [0.2, 0.25) is 0 Å². The van der Waals surface area contributed by atoms with E-state index in [2.05, 4.69) is 20.8 Å². The third kappa shape index (κ3) is 13.4. The van der Waals surface area contributed by atoms with Gasteiger partial charge in [-0.25, -0.2) is 0 Å². The molecule has 0 heterocycles. The zero-order chi connectivity index (χ0) is 26.6. The molecule has 0 unspecified atom stereocenters. The first kappa shape index (κ1) is 35.1. The summed E-state index contributed by atoms with van der Waals surface area (Å²) in [5, 5.41) is 0. The molecule has 1 rings (SSSR count). The Kier molecular flexibility index (Phi) is 20.3. The van der Waals surface area contributed by atoms with Crippen LogP contribution in [0.1, 0.15) is 175 Å². The van der Waals surface area contributed by atoms with Crippen LogP contribution in [0, 0.1) is 16.2 Å². The number of unbranched alkanes of at least 4 members (excludes halogenated alkanes) is 15. The van der Waals surface area contributed by atoms with Gasteiger partial charge in [-0.05, 0) is 72.0 Å². The Morgan fingerprint density at radius 3 is 0.806 bits per heavy atom. The van der Waals surface area contributed by atoms with Crippen molar-refractivity contribution in [3.63, 3.8) is 0 Å². The van der Waals surface area contributed by atoms with Crippen molar-refractivity contribution >= 4 is 37.9 Å². The Hall–Kier alpha value is 1.05. The van der Waals surface area contributed by atoms with Gasteiger partial charge in [0, 0.05) is 0 Å². The second kappa shape index (κ2) is 20.9. The Morgan fingerprint density at radius 2 is 0.583 bits per heavy atom. The lowest BCUT2D eigenvalue weighted by atomic mass is 9.51. The summed E-state index contributed by atoms with van der Waals surface area (Å²) in [4.78, 5) is 0. The standard InChI is InChI=1S/C33H66S3/c1-4-7-10-13-16-19-22-31(28-34)25-32(29-35,23-20-17-14-11-8-5-2)27-33(26-31,30-36)24-21-18-15-12-9-6-3/h34-36H,4-30H2,1-3H3. The first-order chi connectivity index (χ1) is 17.5. The summed E-state index contributed by atoms with van der Waals surface area (Å²) in [6, 6.07) is 0. The summed E-state index contributed by atoms with van der Waals surface area (Å²) < 4.78 is 0. The minimum atomic E-state index is 0.391. The molecular weight excluding hydrogens is 493 g/mol. The molecule has 1 aliphatic rings. The van der Waals surface area contributed by atoms with Gasteiger partial charge in [0.25, 0.3) is 0 Å². The molecule has 216 valence electrons. The summed E-state index contributed by atoms with van der Waals surface area (Å²) in [7, 11) is 0. The van der Waals surface area contributed by atoms with Crippen LogP contribution in [0.2, 0.25) is 0 Å². The van der Waals surface area contributed by atoms with Crippen LogP contribution in [0.3, 0.4) is 0 Å². The number of rotatable bonds is 24. The van der Waals surface area contributed by atoms with Crippen molar-refractivity contribution in [1.82, 2.24) is 0 Å². The van der Waals surface area contributed by atoms with Crippen molar-refractivity contribution in [2.75, 3.05) is 17.3 Å². The van der Waals surface area contributed by atoms with Crippen LogP contribution in [0.5, 0.6) is 0 Å². The van der Waals surface area contributed by atoms with Crippen LogP contribution < -0.4 is 0 Å². The molecule has 0 N–H and O–H groups in total. The summed E-state index contributed by atoms with van der Waals surface area (Å²) in [6.07, 6.45) is 33.4. The van der Waals surface area contributed by atoms with Crippen LogP contribution in [0.4, 0.5) is 0 Å². The van der Waals surface area contributed by atoms with E-state index in [1.807, 2.05) is 0 Å². The van der Waals surface area contributed by atoms with E-state index >= 15 is 0 Å². The minimum absolute atomic E-state index is 0.391. The van der Waals surface area contributed by atoms with E-state index < -0.39 is 0 Å².